The lowest BCUT2D eigenvalue weighted by Gasteiger charge is -2.11. The molecule has 0 saturated carbocycles. The topological polar surface area (TPSA) is 51.2 Å². The molecular weight excluding hydrogens is 375 g/mol. The molecule has 0 aliphatic carbocycles. The highest BCUT2D eigenvalue weighted by Gasteiger charge is 2.31. The van der Waals surface area contributed by atoms with Crippen molar-refractivity contribution < 1.29 is 13.2 Å². The average molecular weight is 384 g/mol. The third-order valence-electron chi connectivity index (χ3n) is 2.87. The number of carbonyl (C=O) groups is 1. The Morgan fingerprint density at radius 1 is 1.10 bits per heavy atom. The van der Waals surface area contributed by atoms with E-state index in [0.717, 1.165) is 11.3 Å². The van der Waals surface area contributed by atoms with Crippen molar-refractivity contribution in [2.24, 2.45) is 0 Å². The first-order chi connectivity index (χ1) is 9.73. The number of Topliss-reactive ketones (excluding diaryl/α,β-unsaturated/α-hetero) is 1. The second-order valence-electron chi connectivity index (χ2n) is 4.23. The smallest absolute Gasteiger partial charge is 0.191 e. The van der Waals surface area contributed by atoms with E-state index in [9.17, 15) is 13.2 Å². The summed E-state index contributed by atoms with van der Waals surface area (Å²) in [5, 5.41) is -0.861. The predicted molar refractivity (Wildman–Crippen MR) is 86.8 cm³/mol. The molecule has 3 nitrogen and oxygen atoms in total. The molecule has 8 heteroatoms. The first-order valence-corrected chi connectivity index (χ1v) is 9.21. The Bertz CT molecular complexity index is 797. The highest BCUT2D eigenvalue weighted by Crippen LogP contribution is 2.29. The summed E-state index contributed by atoms with van der Waals surface area (Å²) in [6, 6.07) is 7.02. The minimum atomic E-state index is -3.85. The van der Waals surface area contributed by atoms with E-state index in [-0.39, 0.29) is 14.9 Å². The number of rotatable bonds is 4. The lowest BCUT2D eigenvalue weighted by atomic mass is 10.2. The molecule has 1 atom stereocenters. The van der Waals surface area contributed by atoms with Crippen molar-refractivity contribution in [2.45, 2.75) is 17.1 Å². The number of ketones is 1. The maximum absolute atomic E-state index is 12.5. The van der Waals surface area contributed by atoms with Crippen molar-refractivity contribution in [1.82, 2.24) is 0 Å². The summed E-state index contributed by atoms with van der Waals surface area (Å²) in [4.78, 5) is 12.5. The molecule has 1 unspecified atom stereocenters. The highest BCUT2D eigenvalue weighted by atomic mass is 35.5. The van der Waals surface area contributed by atoms with Gasteiger partial charge in [-0.05, 0) is 37.3 Å². The van der Waals surface area contributed by atoms with Gasteiger partial charge in [0.25, 0.3) is 0 Å². The minimum Gasteiger partial charge on any atom is -0.292 e. The van der Waals surface area contributed by atoms with E-state index < -0.39 is 20.9 Å². The van der Waals surface area contributed by atoms with Crippen LogP contribution in [0, 0.1) is 0 Å². The molecule has 2 aromatic rings. The molecule has 0 aliphatic heterocycles. The standard InChI is InChI=1S/C13H9Cl3O3S2/c1-7(13(17)11-4-5-12(16)20-11)21(18,19)8-2-3-9(14)10(15)6-8/h2-7H,1H3. The minimum absolute atomic E-state index is 0.0413. The normalized spacial score (nSPS) is 13.1. The monoisotopic (exact) mass is 382 g/mol. The Balaban J connectivity index is 2.38. The molecule has 112 valence electrons. The van der Waals surface area contributed by atoms with Crippen molar-refractivity contribution in [2.75, 3.05) is 0 Å². The van der Waals surface area contributed by atoms with Gasteiger partial charge in [-0.15, -0.1) is 11.3 Å². The van der Waals surface area contributed by atoms with Crippen molar-refractivity contribution >= 4 is 61.8 Å². The van der Waals surface area contributed by atoms with Crippen LogP contribution in [0.4, 0.5) is 0 Å². The molecule has 1 heterocycles. The van der Waals surface area contributed by atoms with Gasteiger partial charge < -0.3 is 0 Å². The van der Waals surface area contributed by atoms with Crippen molar-refractivity contribution in [3.05, 3.63) is 49.6 Å². The summed E-state index contributed by atoms with van der Waals surface area (Å²) in [5.41, 5.74) is 0. The Kier molecular flexibility index (Phi) is 5.00. The lowest BCUT2D eigenvalue weighted by molar-refractivity contribution is 0.0995. The average Bonchev–Trinajstić information content (AvgIpc) is 2.86. The fourth-order valence-electron chi connectivity index (χ4n) is 1.65. The summed E-state index contributed by atoms with van der Waals surface area (Å²) in [6.45, 7) is 1.34. The van der Waals surface area contributed by atoms with Gasteiger partial charge in [0, 0.05) is 0 Å². The number of carbonyl (C=O) groups excluding carboxylic acids is 1. The third-order valence-corrected chi connectivity index (χ3v) is 6.91. The van der Waals surface area contributed by atoms with Gasteiger partial charge in [-0.2, -0.15) is 0 Å². The van der Waals surface area contributed by atoms with Crippen LogP contribution >= 0.6 is 46.1 Å². The Hall–Kier alpha value is -0.590. The molecule has 21 heavy (non-hydrogen) atoms. The summed E-state index contributed by atoms with van der Waals surface area (Å²) in [7, 11) is -3.85. The van der Waals surface area contributed by atoms with Gasteiger partial charge in [-0.3, -0.25) is 4.79 Å². The molecule has 0 radical (unpaired) electrons. The zero-order chi connectivity index (χ0) is 15.8. The van der Waals surface area contributed by atoms with Gasteiger partial charge in [0.05, 0.1) is 24.2 Å². The summed E-state index contributed by atoms with van der Waals surface area (Å²) < 4.78 is 25.4. The fraction of sp³-hybridized carbons (Fsp3) is 0.154. The molecule has 0 spiro atoms. The second kappa shape index (κ2) is 6.26. The van der Waals surface area contributed by atoms with E-state index in [1.165, 1.54) is 31.2 Å². The quantitative estimate of drug-likeness (QED) is 0.716. The predicted octanol–water partition coefficient (Wildman–Crippen LogP) is 4.75. The summed E-state index contributed by atoms with van der Waals surface area (Å²) in [5.74, 6) is -0.502. The van der Waals surface area contributed by atoms with Crippen LogP contribution in [0.3, 0.4) is 0 Å². The zero-order valence-corrected chi connectivity index (χ0v) is 14.5. The number of thiophene rings is 1. The Labute approximate surface area is 141 Å². The van der Waals surface area contributed by atoms with E-state index >= 15 is 0 Å². The molecule has 0 N–H and O–H groups in total. The van der Waals surface area contributed by atoms with E-state index in [1.807, 2.05) is 0 Å². The SMILES string of the molecule is CC(C(=O)c1ccc(Cl)s1)S(=O)(=O)c1ccc(Cl)c(Cl)c1. The Morgan fingerprint density at radius 2 is 1.76 bits per heavy atom. The largest absolute Gasteiger partial charge is 0.292 e. The number of hydrogen-bond donors (Lipinski definition) is 0. The first kappa shape index (κ1) is 16.8. The second-order valence-corrected chi connectivity index (χ2v) is 9.03. The molecule has 0 bridgehead atoms. The molecule has 1 aromatic carbocycles. The maximum atomic E-state index is 12.5. The molecule has 1 aromatic heterocycles. The number of halogens is 3. The molecule has 2 rings (SSSR count). The molecule has 0 amide bonds. The summed E-state index contributed by atoms with van der Waals surface area (Å²) in [6.07, 6.45) is 0. The van der Waals surface area contributed by atoms with Crippen molar-refractivity contribution in [1.29, 1.82) is 0 Å². The van der Waals surface area contributed by atoms with Crippen LogP contribution in [0.5, 0.6) is 0 Å². The van der Waals surface area contributed by atoms with Crippen LogP contribution in [0.25, 0.3) is 0 Å². The Morgan fingerprint density at radius 3 is 2.29 bits per heavy atom. The number of benzene rings is 1. The van der Waals surface area contributed by atoms with E-state index in [0.29, 0.717) is 9.21 Å². The van der Waals surface area contributed by atoms with E-state index in [2.05, 4.69) is 0 Å². The van der Waals surface area contributed by atoms with Gasteiger partial charge in [0.1, 0.15) is 5.25 Å². The van der Waals surface area contributed by atoms with E-state index in [1.54, 1.807) is 6.07 Å². The van der Waals surface area contributed by atoms with Gasteiger partial charge >= 0.3 is 0 Å². The fourth-order valence-corrected chi connectivity index (χ4v) is 4.51. The van der Waals surface area contributed by atoms with Crippen LogP contribution in [0.2, 0.25) is 14.4 Å². The van der Waals surface area contributed by atoms with Crippen LogP contribution < -0.4 is 0 Å². The molecule has 0 aliphatic rings. The van der Waals surface area contributed by atoms with Crippen LogP contribution in [-0.2, 0) is 9.84 Å². The van der Waals surface area contributed by atoms with Gasteiger partial charge in [0.2, 0.25) is 0 Å². The van der Waals surface area contributed by atoms with E-state index in [4.69, 9.17) is 34.8 Å². The van der Waals surface area contributed by atoms with Crippen LogP contribution in [0.1, 0.15) is 16.6 Å². The van der Waals surface area contributed by atoms with Crippen LogP contribution in [-0.4, -0.2) is 19.5 Å². The molecule has 0 saturated heterocycles. The van der Waals surface area contributed by atoms with Gasteiger partial charge in [-0.1, -0.05) is 34.8 Å². The molecular formula is C13H9Cl3O3S2. The zero-order valence-electron chi connectivity index (χ0n) is 10.6. The van der Waals surface area contributed by atoms with Gasteiger partial charge in [-0.25, -0.2) is 8.42 Å². The third kappa shape index (κ3) is 3.43. The summed E-state index contributed by atoms with van der Waals surface area (Å²) >= 11 is 18.4. The lowest BCUT2D eigenvalue weighted by Crippen LogP contribution is -2.27. The first-order valence-electron chi connectivity index (χ1n) is 5.72. The number of sulfone groups is 1. The van der Waals surface area contributed by atoms with Crippen LogP contribution in [0.15, 0.2) is 35.2 Å². The maximum Gasteiger partial charge on any atom is 0.191 e. The van der Waals surface area contributed by atoms with Crippen molar-refractivity contribution in [3.8, 4) is 0 Å². The van der Waals surface area contributed by atoms with Crippen molar-refractivity contribution in [3.63, 3.8) is 0 Å². The van der Waals surface area contributed by atoms with Gasteiger partial charge in [0.15, 0.2) is 15.6 Å². The molecule has 0 fully saturated rings. The highest BCUT2D eigenvalue weighted by molar-refractivity contribution is 7.92. The number of hydrogen-bond acceptors (Lipinski definition) is 4.